The first-order chi connectivity index (χ1) is 9.77. The Morgan fingerprint density at radius 1 is 1.14 bits per heavy atom. The average molecular weight is 306 g/mol. The summed E-state index contributed by atoms with van der Waals surface area (Å²) in [6.45, 7) is 5.08. The Morgan fingerprint density at radius 2 is 1.67 bits per heavy atom. The molecule has 1 amide bonds. The molecule has 2 N–H and O–H groups in total. The first-order valence-corrected chi connectivity index (χ1v) is 6.67. The number of carbonyl (C=O) groups excluding carboxylic acids is 1. The molecule has 118 valence electrons. The third-order valence-corrected chi connectivity index (χ3v) is 2.98. The summed E-state index contributed by atoms with van der Waals surface area (Å²) in [4.78, 5) is 11.8. The van der Waals surface area contributed by atoms with Crippen molar-refractivity contribution < 1.29 is 22.4 Å². The summed E-state index contributed by atoms with van der Waals surface area (Å²) in [5, 5.41) is 4.80. The zero-order valence-corrected chi connectivity index (χ0v) is 12.1. The third kappa shape index (κ3) is 4.34. The van der Waals surface area contributed by atoms with Gasteiger partial charge in [-0.25, -0.2) is 17.6 Å². The van der Waals surface area contributed by atoms with Gasteiger partial charge in [0.25, 0.3) is 0 Å². The maximum atomic E-state index is 13.5. The van der Waals surface area contributed by atoms with E-state index in [0.717, 1.165) is 12.8 Å². The highest BCUT2D eigenvalue weighted by atomic mass is 19.2. The summed E-state index contributed by atoms with van der Waals surface area (Å²) in [6, 6.07) is -1.04. The second-order valence-electron chi connectivity index (χ2n) is 4.91. The molecule has 1 aromatic carbocycles. The van der Waals surface area contributed by atoms with Crippen molar-refractivity contribution in [3.8, 4) is 0 Å². The van der Waals surface area contributed by atoms with Gasteiger partial charge in [-0.3, -0.25) is 4.79 Å². The highest BCUT2D eigenvalue weighted by molar-refractivity contribution is 5.84. The molecule has 0 aliphatic rings. The Balaban J connectivity index is 2.84. The van der Waals surface area contributed by atoms with Crippen LogP contribution in [0, 0.1) is 23.3 Å². The van der Waals surface area contributed by atoms with Crippen molar-refractivity contribution >= 4 is 11.6 Å². The number of hydrogen-bond acceptors (Lipinski definition) is 2. The quantitative estimate of drug-likeness (QED) is 0.625. The van der Waals surface area contributed by atoms with Crippen LogP contribution in [0.5, 0.6) is 0 Å². The third-order valence-electron chi connectivity index (χ3n) is 2.98. The van der Waals surface area contributed by atoms with E-state index in [1.807, 2.05) is 6.92 Å². The molecular weight excluding hydrogens is 288 g/mol. The molecular formula is C14H18F4N2O. The lowest BCUT2D eigenvalue weighted by Crippen LogP contribution is -2.42. The lowest BCUT2D eigenvalue weighted by Gasteiger charge is -2.19. The standard InChI is InChI=1S/C14H18F4N2O/c1-4-5-7(2)19-14(21)8(3)20-13-11(17)9(15)6-10(16)12(13)18/h6-8,20H,4-5H2,1-3H3,(H,19,21). The summed E-state index contributed by atoms with van der Waals surface area (Å²) in [5.41, 5.74) is -0.988. The van der Waals surface area contributed by atoms with Gasteiger partial charge in [-0.15, -0.1) is 0 Å². The normalized spacial score (nSPS) is 13.7. The van der Waals surface area contributed by atoms with Gasteiger partial charge >= 0.3 is 0 Å². The van der Waals surface area contributed by atoms with E-state index in [4.69, 9.17) is 0 Å². The van der Waals surface area contributed by atoms with E-state index in [0.29, 0.717) is 0 Å². The molecule has 0 aromatic heterocycles. The maximum Gasteiger partial charge on any atom is 0.242 e. The van der Waals surface area contributed by atoms with Crippen LogP contribution in [0.3, 0.4) is 0 Å². The van der Waals surface area contributed by atoms with Gasteiger partial charge in [0, 0.05) is 12.1 Å². The molecule has 1 rings (SSSR count). The Labute approximate surface area is 120 Å². The SMILES string of the molecule is CCCC(C)NC(=O)C(C)Nc1c(F)c(F)cc(F)c1F. The summed E-state index contributed by atoms with van der Waals surface area (Å²) < 4.78 is 53.1. The summed E-state index contributed by atoms with van der Waals surface area (Å²) in [5.74, 6) is -6.68. The number of hydrogen-bond donors (Lipinski definition) is 2. The molecule has 0 fully saturated rings. The lowest BCUT2D eigenvalue weighted by atomic mass is 10.1. The molecule has 2 unspecified atom stereocenters. The van der Waals surface area contributed by atoms with Crippen LogP contribution in [-0.2, 0) is 4.79 Å². The fraction of sp³-hybridized carbons (Fsp3) is 0.500. The minimum Gasteiger partial charge on any atom is -0.369 e. The number of carbonyl (C=O) groups is 1. The molecule has 0 heterocycles. The van der Waals surface area contributed by atoms with Gasteiger partial charge in [-0.05, 0) is 20.3 Å². The van der Waals surface area contributed by atoms with Crippen molar-refractivity contribution in [2.75, 3.05) is 5.32 Å². The monoisotopic (exact) mass is 306 g/mol. The molecule has 0 aliphatic heterocycles. The number of benzene rings is 1. The van der Waals surface area contributed by atoms with Crippen LogP contribution in [-0.4, -0.2) is 18.0 Å². The lowest BCUT2D eigenvalue weighted by molar-refractivity contribution is -0.122. The molecule has 21 heavy (non-hydrogen) atoms. The Bertz CT molecular complexity index is 496. The highest BCUT2D eigenvalue weighted by Crippen LogP contribution is 2.24. The van der Waals surface area contributed by atoms with Crippen molar-refractivity contribution in [1.82, 2.24) is 5.32 Å². The largest absolute Gasteiger partial charge is 0.369 e. The van der Waals surface area contributed by atoms with Crippen LogP contribution in [0.4, 0.5) is 23.2 Å². The zero-order valence-electron chi connectivity index (χ0n) is 12.1. The molecule has 0 radical (unpaired) electrons. The molecule has 0 saturated heterocycles. The van der Waals surface area contributed by atoms with E-state index in [9.17, 15) is 22.4 Å². The van der Waals surface area contributed by atoms with E-state index >= 15 is 0 Å². The van der Waals surface area contributed by atoms with Crippen molar-refractivity contribution in [3.05, 3.63) is 29.3 Å². The van der Waals surface area contributed by atoms with Gasteiger partial charge in [0.2, 0.25) is 5.91 Å². The van der Waals surface area contributed by atoms with E-state index in [1.165, 1.54) is 6.92 Å². The Hall–Kier alpha value is -1.79. The summed E-state index contributed by atoms with van der Waals surface area (Å²) in [7, 11) is 0. The fourth-order valence-corrected chi connectivity index (χ4v) is 1.85. The Kier molecular flexibility index (Phi) is 5.99. The van der Waals surface area contributed by atoms with Gasteiger partial charge in [-0.2, -0.15) is 0 Å². The van der Waals surface area contributed by atoms with Gasteiger partial charge in [0.1, 0.15) is 11.7 Å². The molecule has 0 spiro atoms. The van der Waals surface area contributed by atoms with Gasteiger partial charge in [0.15, 0.2) is 23.3 Å². The van der Waals surface area contributed by atoms with Gasteiger partial charge < -0.3 is 10.6 Å². The first-order valence-electron chi connectivity index (χ1n) is 6.67. The number of nitrogens with one attached hydrogen (secondary N) is 2. The van der Waals surface area contributed by atoms with Crippen LogP contribution < -0.4 is 10.6 Å². The maximum absolute atomic E-state index is 13.5. The van der Waals surface area contributed by atoms with E-state index < -0.39 is 40.9 Å². The minimum atomic E-state index is -1.56. The average Bonchev–Trinajstić information content (AvgIpc) is 2.41. The van der Waals surface area contributed by atoms with Crippen molar-refractivity contribution in [1.29, 1.82) is 0 Å². The number of amides is 1. The van der Waals surface area contributed by atoms with Crippen LogP contribution in [0.2, 0.25) is 0 Å². The predicted molar refractivity (Wildman–Crippen MR) is 71.9 cm³/mol. The van der Waals surface area contributed by atoms with E-state index in [2.05, 4.69) is 10.6 Å². The summed E-state index contributed by atoms with van der Waals surface area (Å²) >= 11 is 0. The van der Waals surface area contributed by atoms with Crippen molar-refractivity contribution in [2.45, 2.75) is 45.7 Å². The smallest absolute Gasteiger partial charge is 0.242 e. The van der Waals surface area contributed by atoms with E-state index in [1.54, 1.807) is 6.92 Å². The van der Waals surface area contributed by atoms with Gasteiger partial charge in [0.05, 0.1) is 0 Å². The van der Waals surface area contributed by atoms with Gasteiger partial charge in [-0.1, -0.05) is 13.3 Å². The van der Waals surface area contributed by atoms with Crippen LogP contribution in [0.15, 0.2) is 6.07 Å². The molecule has 0 bridgehead atoms. The molecule has 1 aromatic rings. The highest BCUT2D eigenvalue weighted by Gasteiger charge is 2.23. The number of anilines is 1. The fourth-order valence-electron chi connectivity index (χ4n) is 1.85. The van der Waals surface area contributed by atoms with E-state index in [-0.39, 0.29) is 12.1 Å². The molecule has 7 heteroatoms. The second kappa shape index (κ2) is 7.28. The van der Waals surface area contributed by atoms with Crippen molar-refractivity contribution in [2.24, 2.45) is 0 Å². The van der Waals surface area contributed by atoms with Crippen molar-refractivity contribution in [3.63, 3.8) is 0 Å². The number of halogens is 4. The number of rotatable bonds is 6. The first kappa shape index (κ1) is 17.3. The predicted octanol–water partition coefficient (Wildman–Crippen LogP) is 3.35. The second-order valence-corrected chi connectivity index (χ2v) is 4.91. The molecule has 3 nitrogen and oxygen atoms in total. The Morgan fingerprint density at radius 3 is 2.14 bits per heavy atom. The van der Waals surface area contributed by atoms with Crippen LogP contribution >= 0.6 is 0 Å². The van der Waals surface area contributed by atoms with Crippen LogP contribution in [0.25, 0.3) is 0 Å². The topological polar surface area (TPSA) is 41.1 Å². The summed E-state index contributed by atoms with van der Waals surface area (Å²) in [6.07, 6.45) is 1.61. The zero-order chi connectivity index (χ0) is 16.2. The van der Waals surface area contributed by atoms with Crippen LogP contribution in [0.1, 0.15) is 33.6 Å². The molecule has 2 atom stereocenters. The molecule has 0 aliphatic carbocycles. The minimum absolute atomic E-state index is 0.106. The molecule has 0 saturated carbocycles.